The highest BCUT2D eigenvalue weighted by Gasteiger charge is 2.26. The van der Waals surface area contributed by atoms with Crippen LogP contribution in [0.3, 0.4) is 0 Å². The summed E-state index contributed by atoms with van der Waals surface area (Å²) in [4.78, 5) is 14.4. The molecule has 0 spiro atoms. The van der Waals surface area contributed by atoms with Crippen LogP contribution < -0.4 is 16.0 Å². The standard InChI is InChI=1S/C13H24N6/c1-13(7-5-4-6-8-13)9-15-11-16-10(14)17-12(18-11)19(2)3/h4-9H2,1-3H3,(H3,14,15,16,17,18). The van der Waals surface area contributed by atoms with E-state index in [0.717, 1.165) is 6.54 Å². The molecule has 1 aliphatic rings. The van der Waals surface area contributed by atoms with Crippen LogP contribution in [0, 0.1) is 5.41 Å². The molecule has 0 bridgehead atoms. The Morgan fingerprint density at radius 3 is 2.47 bits per heavy atom. The van der Waals surface area contributed by atoms with Crippen molar-refractivity contribution in [1.29, 1.82) is 0 Å². The van der Waals surface area contributed by atoms with E-state index in [4.69, 9.17) is 5.73 Å². The van der Waals surface area contributed by atoms with Crippen LogP contribution >= 0.6 is 0 Å². The molecule has 0 radical (unpaired) electrons. The number of hydrogen-bond donors (Lipinski definition) is 2. The van der Waals surface area contributed by atoms with Crippen LogP contribution in [0.1, 0.15) is 39.0 Å². The molecule has 6 heteroatoms. The SMILES string of the molecule is CN(C)c1nc(N)nc(NCC2(C)CCCCC2)n1. The summed E-state index contributed by atoms with van der Waals surface area (Å²) in [5.41, 5.74) is 6.06. The number of rotatable bonds is 4. The van der Waals surface area contributed by atoms with E-state index in [9.17, 15) is 0 Å². The highest BCUT2D eigenvalue weighted by Crippen LogP contribution is 2.35. The molecule has 1 heterocycles. The summed E-state index contributed by atoms with van der Waals surface area (Å²) in [5, 5.41) is 3.32. The lowest BCUT2D eigenvalue weighted by Gasteiger charge is -2.33. The van der Waals surface area contributed by atoms with E-state index in [2.05, 4.69) is 27.2 Å². The Morgan fingerprint density at radius 1 is 1.16 bits per heavy atom. The maximum Gasteiger partial charge on any atom is 0.231 e. The lowest BCUT2D eigenvalue weighted by atomic mass is 9.76. The number of hydrogen-bond acceptors (Lipinski definition) is 6. The maximum atomic E-state index is 5.71. The third kappa shape index (κ3) is 3.68. The van der Waals surface area contributed by atoms with Gasteiger partial charge in [0.25, 0.3) is 0 Å². The first-order chi connectivity index (χ1) is 8.98. The quantitative estimate of drug-likeness (QED) is 0.864. The number of aromatic nitrogens is 3. The van der Waals surface area contributed by atoms with Gasteiger partial charge >= 0.3 is 0 Å². The number of nitrogens with one attached hydrogen (secondary N) is 1. The van der Waals surface area contributed by atoms with Crippen LogP contribution in [-0.4, -0.2) is 35.6 Å². The summed E-state index contributed by atoms with van der Waals surface area (Å²) in [6, 6.07) is 0. The first kappa shape index (κ1) is 13.8. The summed E-state index contributed by atoms with van der Waals surface area (Å²) in [6.07, 6.45) is 6.53. The molecule has 0 saturated heterocycles. The van der Waals surface area contributed by atoms with Crippen molar-refractivity contribution in [1.82, 2.24) is 15.0 Å². The molecule has 1 aliphatic carbocycles. The fourth-order valence-electron chi connectivity index (χ4n) is 2.53. The molecular formula is C13H24N6. The maximum absolute atomic E-state index is 5.71. The first-order valence-electron chi connectivity index (χ1n) is 6.91. The molecule has 2 rings (SSSR count). The number of nitrogen functional groups attached to an aromatic ring is 1. The number of nitrogens with two attached hydrogens (primary N) is 1. The largest absolute Gasteiger partial charge is 0.368 e. The summed E-state index contributed by atoms with van der Waals surface area (Å²) in [7, 11) is 3.78. The number of anilines is 3. The molecule has 1 fully saturated rings. The first-order valence-corrected chi connectivity index (χ1v) is 6.91. The predicted octanol–water partition coefficient (Wildman–Crippen LogP) is 1.90. The van der Waals surface area contributed by atoms with Gasteiger partial charge in [-0.2, -0.15) is 15.0 Å². The van der Waals surface area contributed by atoms with Crippen molar-refractivity contribution in [2.75, 3.05) is 36.6 Å². The Morgan fingerprint density at radius 2 is 1.84 bits per heavy atom. The third-order valence-corrected chi connectivity index (χ3v) is 3.77. The van der Waals surface area contributed by atoms with Crippen LogP contribution in [0.5, 0.6) is 0 Å². The smallest absolute Gasteiger partial charge is 0.231 e. The number of nitrogens with zero attached hydrogens (tertiary/aromatic N) is 4. The highest BCUT2D eigenvalue weighted by molar-refractivity contribution is 5.40. The molecule has 0 aromatic carbocycles. The van der Waals surface area contributed by atoms with E-state index in [1.165, 1.54) is 32.1 Å². The molecule has 0 atom stereocenters. The van der Waals surface area contributed by atoms with Crippen molar-refractivity contribution < 1.29 is 0 Å². The second-order valence-electron chi connectivity index (χ2n) is 5.94. The van der Waals surface area contributed by atoms with E-state index in [0.29, 0.717) is 17.3 Å². The zero-order valence-electron chi connectivity index (χ0n) is 12.1. The minimum absolute atomic E-state index is 0.259. The summed E-state index contributed by atoms with van der Waals surface area (Å²) >= 11 is 0. The van der Waals surface area contributed by atoms with Crippen molar-refractivity contribution in [2.24, 2.45) is 5.41 Å². The molecule has 1 aromatic rings. The highest BCUT2D eigenvalue weighted by atomic mass is 15.3. The van der Waals surface area contributed by atoms with Gasteiger partial charge in [-0.15, -0.1) is 0 Å². The van der Waals surface area contributed by atoms with Gasteiger partial charge in [-0.3, -0.25) is 0 Å². The van der Waals surface area contributed by atoms with Gasteiger partial charge in [0.05, 0.1) is 0 Å². The molecule has 6 nitrogen and oxygen atoms in total. The zero-order valence-corrected chi connectivity index (χ0v) is 12.1. The molecular weight excluding hydrogens is 240 g/mol. The average molecular weight is 264 g/mol. The summed E-state index contributed by atoms with van der Waals surface area (Å²) < 4.78 is 0. The lowest BCUT2D eigenvalue weighted by molar-refractivity contribution is 0.233. The summed E-state index contributed by atoms with van der Waals surface area (Å²) in [6.45, 7) is 3.22. The van der Waals surface area contributed by atoms with Gasteiger partial charge in [-0.05, 0) is 18.3 Å². The second kappa shape index (κ2) is 5.59. The van der Waals surface area contributed by atoms with E-state index >= 15 is 0 Å². The van der Waals surface area contributed by atoms with Gasteiger partial charge in [-0.25, -0.2) is 0 Å². The van der Waals surface area contributed by atoms with Gasteiger partial charge < -0.3 is 16.0 Å². The Kier molecular flexibility index (Phi) is 4.07. The molecule has 0 amide bonds. The fraction of sp³-hybridized carbons (Fsp3) is 0.769. The minimum Gasteiger partial charge on any atom is -0.368 e. The molecule has 19 heavy (non-hydrogen) atoms. The van der Waals surface area contributed by atoms with Crippen LogP contribution in [0.15, 0.2) is 0 Å². The zero-order chi connectivity index (χ0) is 13.9. The molecule has 1 aromatic heterocycles. The van der Waals surface area contributed by atoms with E-state index in [1.54, 1.807) is 0 Å². The van der Waals surface area contributed by atoms with Crippen molar-refractivity contribution in [3.8, 4) is 0 Å². The monoisotopic (exact) mass is 264 g/mol. The normalized spacial score (nSPS) is 18.1. The van der Waals surface area contributed by atoms with E-state index in [1.807, 2.05) is 19.0 Å². The summed E-state index contributed by atoms with van der Waals surface area (Å²) in [5.74, 6) is 1.42. The van der Waals surface area contributed by atoms with Gasteiger partial charge in [0.15, 0.2) is 0 Å². The van der Waals surface area contributed by atoms with Gasteiger partial charge in [0, 0.05) is 20.6 Å². The molecule has 3 N–H and O–H groups in total. The van der Waals surface area contributed by atoms with Crippen LogP contribution in [0.2, 0.25) is 0 Å². The fourth-order valence-corrected chi connectivity index (χ4v) is 2.53. The third-order valence-electron chi connectivity index (χ3n) is 3.77. The topological polar surface area (TPSA) is 80.0 Å². The van der Waals surface area contributed by atoms with Crippen LogP contribution in [0.4, 0.5) is 17.8 Å². The van der Waals surface area contributed by atoms with Crippen molar-refractivity contribution >= 4 is 17.8 Å². The van der Waals surface area contributed by atoms with E-state index < -0.39 is 0 Å². The Labute approximate surface area is 114 Å². The predicted molar refractivity (Wildman–Crippen MR) is 78.2 cm³/mol. The molecule has 0 unspecified atom stereocenters. The van der Waals surface area contributed by atoms with Crippen molar-refractivity contribution in [3.63, 3.8) is 0 Å². The van der Waals surface area contributed by atoms with Gasteiger partial charge in [0.2, 0.25) is 17.8 Å². The molecule has 1 saturated carbocycles. The molecule has 106 valence electrons. The van der Waals surface area contributed by atoms with E-state index in [-0.39, 0.29) is 5.95 Å². The molecule has 0 aliphatic heterocycles. The van der Waals surface area contributed by atoms with Crippen LogP contribution in [-0.2, 0) is 0 Å². The minimum atomic E-state index is 0.259. The van der Waals surface area contributed by atoms with Gasteiger partial charge in [0.1, 0.15) is 0 Å². The lowest BCUT2D eigenvalue weighted by Crippen LogP contribution is -2.29. The van der Waals surface area contributed by atoms with Crippen molar-refractivity contribution in [3.05, 3.63) is 0 Å². The Bertz CT molecular complexity index is 425. The van der Waals surface area contributed by atoms with Gasteiger partial charge in [-0.1, -0.05) is 26.2 Å². The second-order valence-corrected chi connectivity index (χ2v) is 5.94. The average Bonchev–Trinajstić information content (AvgIpc) is 2.37. The van der Waals surface area contributed by atoms with Crippen LogP contribution in [0.25, 0.3) is 0 Å². The van der Waals surface area contributed by atoms with Crippen molar-refractivity contribution in [2.45, 2.75) is 39.0 Å². The Balaban J connectivity index is 2.02. The Hall–Kier alpha value is -1.59.